The van der Waals surface area contributed by atoms with Crippen molar-refractivity contribution >= 4 is 23.5 Å². The summed E-state index contributed by atoms with van der Waals surface area (Å²) in [4.78, 5) is 38.7. The minimum absolute atomic E-state index is 0.0406. The fourth-order valence-corrected chi connectivity index (χ4v) is 3.36. The van der Waals surface area contributed by atoms with Gasteiger partial charge in [-0.2, -0.15) is 0 Å². The van der Waals surface area contributed by atoms with E-state index in [-0.39, 0.29) is 22.7 Å². The molecule has 0 unspecified atom stereocenters. The monoisotopic (exact) mass is 382 g/mol. The second-order valence-corrected chi connectivity index (χ2v) is 7.17. The summed E-state index contributed by atoms with van der Waals surface area (Å²) in [6, 6.07) is 5.29. The molecule has 1 aromatic carbocycles. The number of anilines is 1. The Balaban J connectivity index is 2.15. The number of amides is 1. The van der Waals surface area contributed by atoms with Gasteiger partial charge in [-0.25, -0.2) is 9.59 Å². The molecule has 7 heteroatoms. The Morgan fingerprint density at radius 3 is 2.50 bits per heavy atom. The van der Waals surface area contributed by atoms with Crippen molar-refractivity contribution in [2.24, 2.45) is 0 Å². The molecule has 0 fully saturated rings. The molecule has 0 atom stereocenters. The van der Waals surface area contributed by atoms with Gasteiger partial charge in [-0.15, -0.1) is 0 Å². The Labute approximate surface area is 163 Å². The summed E-state index contributed by atoms with van der Waals surface area (Å²) in [6.07, 6.45) is 7.15. The number of carbonyl (C=O) groups is 3. The van der Waals surface area contributed by atoms with Crippen LogP contribution in [-0.2, 0) is 25.5 Å². The summed E-state index contributed by atoms with van der Waals surface area (Å²) in [5, 5.41) is 2.97. The number of rotatable bonds is 3. The molecule has 0 saturated heterocycles. The molecule has 7 nitrogen and oxygen atoms in total. The Kier molecular flexibility index (Phi) is 5.09. The first-order chi connectivity index (χ1) is 13.3. The average Bonchev–Trinajstić information content (AvgIpc) is 2.88. The Morgan fingerprint density at radius 1 is 1.11 bits per heavy atom. The van der Waals surface area contributed by atoms with E-state index in [9.17, 15) is 14.4 Å². The average molecular weight is 382 g/mol. The zero-order valence-corrected chi connectivity index (χ0v) is 16.2. The lowest BCUT2D eigenvalue weighted by molar-refractivity contribution is -0.139. The number of allylic oxidation sites excluding steroid dienone is 2. The number of hydrogen-bond acceptors (Lipinski definition) is 6. The van der Waals surface area contributed by atoms with Crippen LogP contribution in [0.5, 0.6) is 0 Å². The maximum Gasteiger partial charge on any atom is 0.355 e. The molecule has 2 aliphatic rings. The zero-order chi connectivity index (χ0) is 20.5. The van der Waals surface area contributed by atoms with Crippen LogP contribution in [0.3, 0.4) is 0 Å². The van der Waals surface area contributed by atoms with Gasteiger partial charge in [-0.1, -0.05) is 6.08 Å². The van der Waals surface area contributed by atoms with Gasteiger partial charge in [0.1, 0.15) is 5.70 Å². The molecule has 0 aliphatic carbocycles. The van der Waals surface area contributed by atoms with Crippen LogP contribution in [0.4, 0.5) is 5.69 Å². The molecule has 0 spiro atoms. The Bertz CT molecular complexity index is 940. The SMILES string of the molecule is COC(=O)C1=C(C(=O)OC)N(c2ccc3c(c2)CC(C)(C)NC3=O)C=CC=C1. The van der Waals surface area contributed by atoms with Gasteiger partial charge >= 0.3 is 11.9 Å². The van der Waals surface area contributed by atoms with Gasteiger partial charge in [0.25, 0.3) is 5.91 Å². The van der Waals surface area contributed by atoms with E-state index in [1.54, 1.807) is 35.4 Å². The van der Waals surface area contributed by atoms with Gasteiger partial charge in [0.2, 0.25) is 0 Å². The summed E-state index contributed by atoms with van der Waals surface area (Å²) in [5.41, 5.74) is 1.83. The van der Waals surface area contributed by atoms with Crippen LogP contribution in [-0.4, -0.2) is 37.6 Å². The smallest absolute Gasteiger partial charge is 0.355 e. The van der Waals surface area contributed by atoms with Crippen LogP contribution in [0.1, 0.15) is 29.8 Å². The highest BCUT2D eigenvalue weighted by Gasteiger charge is 2.32. The Hall–Kier alpha value is -3.35. The highest BCUT2D eigenvalue weighted by atomic mass is 16.5. The quantitative estimate of drug-likeness (QED) is 0.807. The minimum atomic E-state index is -0.674. The molecule has 1 N–H and O–H groups in total. The van der Waals surface area contributed by atoms with E-state index < -0.39 is 11.9 Å². The van der Waals surface area contributed by atoms with Gasteiger partial charge in [0.05, 0.1) is 19.8 Å². The predicted molar refractivity (Wildman–Crippen MR) is 104 cm³/mol. The fourth-order valence-electron chi connectivity index (χ4n) is 3.36. The topological polar surface area (TPSA) is 84.9 Å². The molecular formula is C21H22N2O5. The van der Waals surface area contributed by atoms with Crippen LogP contribution >= 0.6 is 0 Å². The van der Waals surface area contributed by atoms with E-state index in [4.69, 9.17) is 9.47 Å². The van der Waals surface area contributed by atoms with Gasteiger partial charge < -0.3 is 19.7 Å². The van der Waals surface area contributed by atoms with E-state index in [1.807, 2.05) is 19.9 Å². The third-order valence-corrected chi connectivity index (χ3v) is 4.59. The molecule has 146 valence electrons. The molecule has 0 bridgehead atoms. The second-order valence-electron chi connectivity index (χ2n) is 7.17. The first-order valence-corrected chi connectivity index (χ1v) is 8.78. The van der Waals surface area contributed by atoms with Crippen molar-refractivity contribution in [3.63, 3.8) is 0 Å². The third-order valence-electron chi connectivity index (χ3n) is 4.59. The fraction of sp³-hybridized carbons (Fsp3) is 0.286. The summed E-state index contributed by atoms with van der Waals surface area (Å²) < 4.78 is 9.73. The molecule has 1 amide bonds. The Morgan fingerprint density at radius 2 is 1.82 bits per heavy atom. The van der Waals surface area contributed by atoms with E-state index in [2.05, 4.69) is 5.32 Å². The molecule has 28 heavy (non-hydrogen) atoms. The molecular weight excluding hydrogens is 360 g/mol. The van der Waals surface area contributed by atoms with Crippen molar-refractivity contribution in [1.29, 1.82) is 0 Å². The number of nitrogens with zero attached hydrogens (tertiary/aromatic N) is 1. The molecule has 2 heterocycles. The maximum atomic E-state index is 12.5. The van der Waals surface area contributed by atoms with Crippen molar-refractivity contribution < 1.29 is 23.9 Å². The maximum absolute atomic E-state index is 12.5. The highest BCUT2D eigenvalue weighted by Crippen LogP contribution is 2.31. The molecule has 3 rings (SSSR count). The van der Waals surface area contributed by atoms with Crippen molar-refractivity contribution in [3.8, 4) is 0 Å². The first-order valence-electron chi connectivity index (χ1n) is 8.78. The minimum Gasteiger partial charge on any atom is -0.465 e. The van der Waals surface area contributed by atoms with E-state index >= 15 is 0 Å². The van der Waals surface area contributed by atoms with Crippen LogP contribution in [0.2, 0.25) is 0 Å². The molecule has 0 radical (unpaired) electrons. The van der Waals surface area contributed by atoms with Crippen LogP contribution in [0.25, 0.3) is 0 Å². The second kappa shape index (κ2) is 7.34. The summed E-state index contributed by atoms with van der Waals surface area (Å²) in [7, 11) is 2.50. The number of esters is 2. The van der Waals surface area contributed by atoms with Crippen molar-refractivity contribution in [2.75, 3.05) is 19.1 Å². The van der Waals surface area contributed by atoms with Crippen molar-refractivity contribution in [3.05, 3.63) is 65.0 Å². The van der Waals surface area contributed by atoms with Gasteiger partial charge in [0.15, 0.2) is 0 Å². The number of benzene rings is 1. The molecule has 2 aliphatic heterocycles. The van der Waals surface area contributed by atoms with Crippen LogP contribution in [0, 0.1) is 0 Å². The largest absolute Gasteiger partial charge is 0.465 e. The van der Waals surface area contributed by atoms with Crippen molar-refractivity contribution in [1.82, 2.24) is 5.32 Å². The van der Waals surface area contributed by atoms with Gasteiger partial charge in [-0.3, -0.25) is 4.79 Å². The lowest BCUT2D eigenvalue weighted by atomic mass is 9.87. The number of carbonyl (C=O) groups excluding carboxylic acids is 3. The molecule has 0 aromatic heterocycles. The number of hydrogen-bond donors (Lipinski definition) is 1. The van der Waals surface area contributed by atoms with E-state index in [0.717, 1.165) is 5.56 Å². The normalized spacial score (nSPS) is 17.6. The summed E-state index contributed by atoms with van der Waals surface area (Å²) in [6.45, 7) is 3.90. The molecule has 0 saturated carbocycles. The van der Waals surface area contributed by atoms with Gasteiger partial charge in [-0.05, 0) is 56.2 Å². The lowest BCUT2D eigenvalue weighted by Gasteiger charge is -2.33. The molecule has 1 aromatic rings. The van der Waals surface area contributed by atoms with E-state index in [0.29, 0.717) is 17.7 Å². The van der Waals surface area contributed by atoms with E-state index in [1.165, 1.54) is 20.3 Å². The predicted octanol–water partition coefficient (Wildman–Crippen LogP) is 2.24. The number of nitrogens with one attached hydrogen (secondary N) is 1. The lowest BCUT2D eigenvalue weighted by Crippen LogP contribution is -2.49. The van der Waals surface area contributed by atoms with Crippen LogP contribution < -0.4 is 10.2 Å². The number of fused-ring (bicyclic) bond motifs is 1. The standard InChI is InChI=1S/C21H22N2O5/c1-21(2)12-13-11-14(8-9-15(13)18(24)22-21)23-10-6-5-7-16(19(25)27-3)17(23)20(26)28-4/h5-11H,12H2,1-4H3,(H,22,24). The third kappa shape index (κ3) is 3.55. The van der Waals surface area contributed by atoms with Crippen molar-refractivity contribution in [2.45, 2.75) is 25.8 Å². The highest BCUT2D eigenvalue weighted by molar-refractivity contribution is 6.05. The first kappa shape index (κ1) is 19.4. The van der Waals surface area contributed by atoms with Crippen LogP contribution in [0.15, 0.2) is 53.9 Å². The summed E-state index contributed by atoms with van der Waals surface area (Å²) in [5.74, 6) is -1.46. The van der Waals surface area contributed by atoms with Gasteiger partial charge in [0, 0.05) is 23.0 Å². The number of methoxy groups -OCH3 is 2. The summed E-state index contributed by atoms with van der Waals surface area (Å²) >= 11 is 0. The zero-order valence-electron chi connectivity index (χ0n) is 16.2. The number of ether oxygens (including phenoxy) is 2.